The molecule has 0 bridgehead atoms. The number of aromatic amines is 1. The van der Waals surface area contributed by atoms with E-state index in [9.17, 15) is 0 Å². The van der Waals surface area contributed by atoms with E-state index in [1.807, 2.05) is 25.5 Å². The first kappa shape index (κ1) is 13.7. The van der Waals surface area contributed by atoms with E-state index < -0.39 is 0 Å². The van der Waals surface area contributed by atoms with Crippen LogP contribution in [0.4, 0.5) is 11.8 Å². The van der Waals surface area contributed by atoms with Crippen LogP contribution in [0.1, 0.15) is 11.1 Å². The molecule has 0 spiro atoms. The van der Waals surface area contributed by atoms with Crippen molar-refractivity contribution in [1.82, 2.24) is 29.9 Å². The Hall–Kier alpha value is -2.94. The molecule has 0 fully saturated rings. The van der Waals surface area contributed by atoms with Crippen LogP contribution in [0.25, 0.3) is 20.8 Å². The summed E-state index contributed by atoms with van der Waals surface area (Å²) in [5, 5.41) is 11.3. The number of nitrogen functional groups attached to an aromatic ring is 2. The molecule has 4 aromatic rings. The van der Waals surface area contributed by atoms with E-state index in [1.165, 1.54) is 11.3 Å². The summed E-state index contributed by atoms with van der Waals surface area (Å²) in [6.45, 7) is 0. The normalized spacial score (nSPS) is 11.3. The highest BCUT2D eigenvalue weighted by molar-refractivity contribution is 7.23. The van der Waals surface area contributed by atoms with Gasteiger partial charge in [0.1, 0.15) is 5.82 Å². The number of hydrogen-bond acceptors (Lipinski definition) is 7. The number of aryl methyl sites for hydroxylation is 1. The highest BCUT2D eigenvalue weighted by Gasteiger charge is 2.19. The number of anilines is 2. The van der Waals surface area contributed by atoms with E-state index in [0.717, 1.165) is 31.9 Å². The molecule has 4 rings (SSSR count). The third-order valence-corrected chi connectivity index (χ3v) is 4.83. The molecule has 0 atom stereocenters. The van der Waals surface area contributed by atoms with Crippen molar-refractivity contribution in [1.29, 1.82) is 0 Å². The molecular formula is C14H14N8S. The van der Waals surface area contributed by atoms with Crippen LogP contribution in [0.5, 0.6) is 0 Å². The van der Waals surface area contributed by atoms with Crippen molar-refractivity contribution in [3.63, 3.8) is 0 Å². The number of nitrogens with zero attached hydrogens (tertiary/aromatic N) is 5. The van der Waals surface area contributed by atoms with Crippen molar-refractivity contribution in [3.8, 4) is 10.6 Å². The van der Waals surface area contributed by atoms with Crippen LogP contribution in [0.15, 0.2) is 24.7 Å². The lowest BCUT2D eigenvalue weighted by Crippen LogP contribution is -2.00. The van der Waals surface area contributed by atoms with Gasteiger partial charge in [0.25, 0.3) is 0 Å². The van der Waals surface area contributed by atoms with Crippen LogP contribution < -0.4 is 11.5 Å². The lowest BCUT2D eigenvalue weighted by Gasteiger charge is -2.02. The minimum Gasteiger partial charge on any atom is -0.382 e. The van der Waals surface area contributed by atoms with Crippen LogP contribution in [0.2, 0.25) is 0 Å². The highest BCUT2D eigenvalue weighted by Crippen LogP contribution is 2.40. The lowest BCUT2D eigenvalue weighted by molar-refractivity contribution is 0.767. The van der Waals surface area contributed by atoms with Gasteiger partial charge in [0, 0.05) is 31.4 Å². The molecule has 0 amide bonds. The van der Waals surface area contributed by atoms with Crippen LogP contribution >= 0.6 is 11.3 Å². The van der Waals surface area contributed by atoms with Gasteiger partial charge in [0.05, 0.1) is 27.0 Å². The number of aromatic nitrogens is 6. The van der Waals surface area contributed by atoms with Gasteiger partial charge in [0.15, 0.2) is 0 Å². The molecule has 0 aliphatic carbocycles. The fraction of sp³-hybridized carbons (Fsp3) is 0.143. The lowest BCUT2D eigenvalue weighted by atomic mass is 10.1. The Kier molecular flexibility index (Phi) is 3.01. The van der Waals surface area contributed by atoms with Gasteiger partial charge in [0.2, 0.25) is 5.95 Å². The first-order chi connectivity index (χ1) is 11.1. The summed E-state index contributed by atoms with van der Waals surface area (Å²) in [6.07, 6.45) is 6.22. The summed E-state index contributed by atoms with van der Waals surface area (Å²) in [7, 11) is 1.89. The van der Waals surface area contributed by atoms with Gasteiger partial charge in [-0.3, -0.25) is 9.78 Å². The second kappa shape index (κ2) is 5.06. The fourth-order valence-corrected chi connectivity index (χ4v) is 3.73. The standard InChI is InChI=1S/C14H14N8S/c1-22-6-7(5-18-22)4-8-10-12(13(15)20-14(16)19-10)23-11(8)9-2-3-17-21-9/h2-3,5-6H,4H2,1H3,(H,17,21)(H4,15,16,19,20). The summed E-state index contributed by atoms with van der Waals surface area (Å²) in [6, 6.07) is 1.92. The average Bonchev–Trinajstić information content (AvgIpc) is 3.20. The number of nitrogens with one attached hydrogen (secondary N) is 1. The Morgan fingerprint density at radius 3 is 2.87 bits per heavy atom. The Morgan fingerprint density at radius 1 is 1.30 bits per heavy atom. The molecule has 0 unspecified atom stereocenters. The number of fused-ring (bicyclic) bond motifs is 1. The fourth-order valence-electron chi connectivity index (χ4n) is 2.59. The quantitative estimate of drug-likeness (QED) is 0.525. The molecule has 9 heteroatoms. The summed E-state index contributed by atoms with van der Waals surface area (Å²) in [4.78, 5) is 9.50. The van der Waals surface area contributed by atoms with Gasteiger partial charge >= 0.3 is 0 Å². The Balaban J connectivity index is 1.96. The van der Waals surface area contributed by atoms with Crippen LogP contribution in [-0.2, 0) is 13.5 Å². The number of nitrogens with two attached hydrogens (primary N) is 2. The van der Waals surface area contributed by atoms with Crippen molar-refractivity contribution in [2.45, 2.75) is 6.42 Å². The number of rotatable bonds is 3. The Bertz CT molecular complexity index is 982. The van der Waals surface area contributed by atoms with E-state index in [2.05, 4.69) is 25.3 Å². The number of hydrogen-bond donors (Lipinski definition) is 3. The summed E-state index contributed by atoms with van der Waals surface area (Å²) >= 11 is 1.54. The van der Waals surface area contributed by atoms with E-state index >= 15 is 0 Å². The zero-order chi connectivity index (χ0) is 16.0. The van der Waals surface area contributed by atoms with Gasteiger partial charge in [-0.25, -0.2) is 4.98 Å². The predicted molar refractivity (Wildman–Crippen MR) is 89.8 cm³/mol. The van der Waals surface area contributed by atoms with E-state index in [4.69, 9.17) is 11.5 Å². The van der Waals surface area contributed by atoms with Gasteiger partial charge in [-0.1, -0.05) is 0 Å². The Labute approximate surface area is 135 Å². The molecule has 0 aliphatic rings. The molecule has 4 heterocycles. The van der Waals surface area contributed by atoms with Gasteiger partial charge in [-0.2, -0.15) is 15.2 Å². The maximum absolute atomic E-state index is 6.03. The molecule has 0 saturated carbocycles. The molecule has 8 nitrogen and oxygen atoms in total. The van der Waals surface area contributed by atoms with E-state index in [1.54, 1.807) is 10.9 Å². The molecule has 4 aromatic heterocycles. The van der Waals surface area contributed by atoms with Gasteiger partial charge in [-0.05, 0) is 11.6 Å². The average molecular weight is 326 g/mol. The minimum atomic E-state index is 0.177. The van der Waals surface area contributed by atoms with Crippen molar-refractivity contribution in [3.05, 3.63) is 35.8 Å². The van der Waals surface area contributed by atoms with Crippen molar-refractivity contribution in [2.24, 2.45) is 7.05 Å². The largest absolute Gasteiger partial charge is 0.382 e. The number of thiophene rings is 1. The first-order valence-electron chi connectivity index (χ1n) is 6.93. The minimum absolute atomic E-state index is 0.177. The second-order valence-corrected chi connectivity index (χ2v) is 6.24. The molecular weight excluding hydrogens is 312 g/mol. The topological polar surface area (TPSA) is 124 Å². The molecule has 0 aliphatic heterocycles. The summed E-state index contributed by atoms with van der Waals surface area (Å²) in [5.41, 5.74) is 15.7. The van der Waals surface area contributed by atoms with E-state index in [-0.39, 0.29) is 5.95 Å². The maximum Gasteiger partial charge on any atom is 0.222 e. The van der Waals surface area contributed by atoms with Crippen LogP contribution in [0, 0.1) is 0 Å². The first-order valence-corrected chi connectivity index (χ1v) is 7.75. The van der Waals surface area contributed by atoms with Crippen molar-refractivity contribution >= 4 is 33.3 Å². The zero-order valence-electron chi connectivity index (χ0n) is 12.3. The summed E-state index contributed by atoms with van der Waals surface area (Å²) < 4.78 is 2.61. The van der Waals surface area contributed by atoms with Crippen molar-refractivity contribution in [2.75, 3.05) is 11.5 Å². The van der Waals surface area contributed by atoms with Gasteiger partial charge < -0.3 is 11.5 Å². The molecule has 5 N–H and O–H groups in total. The zero-order valence-corrected chi connectivity index (χ0v) is 13.1. The predicted octanol–water partition coefficient (Wildman–Crippen LogP) is 1.57. The van der Waals surface area contributed by atoms with Crippen LogP contribution in [0.3, 0.4) is 0 Å². The van der Waals surface area contributed by atoms with Gasteiger partial charge in [-0.15, -0.1) is 11.3 Å². The molecule has 23 heavy (non-hydrogen) atoms. The molecule has 0 saturated heterocycles. The SMILES string of the molecule is Cn1cc(Cc2c(-c3ccn[nH]3)sc3c(N)nc(N)nc23)cn1. The monoisotopic (exact) mass is 326 g/mol. The maximum atomic E-state index is 6.03. The highest BCUT2D eigenvalue weighted by atomic mass is 32.1. The van der Waals surface area contributed by atoms with E-state index in [0.29, 0.717) is 12.2 Å². The molecule has 0 radical (unpaired) electrons. The Morgan fingerprint density at radius 2 is 2.17 bits per heavy atom. The second-order valence-electron chi connectivity index (χ2n) is 5.22. The summed E-state index contributed by atoms with van der Waals surface area (Å²) in [5.74, 6) is 0.576. The smallest absolute Gasteiger partial charge is 0.222 e. The molecule has 116 valence electrons. The number of H-pyrrole nitrogens is 1. The third-order valence-electron chi connectivity index (χ3n) is 3.56. The molecule has 0 aromatic carbocycles. The third kappa shape index (κ3) is 2.30. The van der Waals surface area contributed by atoms with Crippen LogP contribution in [-0.4, -0.2) is 29.9 Å². The van der Waals surface area contributed by atoms with Crippen molar-refractivity contribution < 1.29 is 0 Å².